The predicted octanol–water partition coefficient (Wildman–Crippen LogP) is 13.6. The summed E-state index contributed by atoms with van der Waals surface area (Å²) < 4.78 is 14.8. The van der Waals surface area contributed by atoms with Crippen molar-refractivity contribution in [2.45, 2.75) is 0 Å². The van der Waals surface area contributed by atoms with Crippen molar-refractivity contribution >= 4 is 38.9 Å². The van der Waals surface area contributed by atoms with Crippen LogP contribution in [0.4, 0.5) is 17.1 Å². The molecule has 8 nitrogen and oxygen atoms in total. The Morgan fingerprint density at radius 3 is 1.30 bits per heavy atom. The van der Waals surface area contributed by atoms with E-state index in [0.717, 1.165) is 61.5 Å². The van der Waals surface area contributed by atoms with E-state index in [9.17, 15) is 0 Å². The first-order valence-corrected chi connectivity index (χ1v) is 20.7. The minimum Gasteiger partial charge on any atom is -0.503 e. The van der Waals surface area contributed by atoms with Crippen LogP contribution < -0.4 is 14.4 Å². The molecule has 4 heterocycles. The molecule has 0 N–H and O–H groups in total. The van der Waals surface area contributed by atoms with Crippen LogP contribution in [-0.4, -0.2) is 24.5 Å². The molecule has 0 spiro atoms. The van der Waals surface area contributed by atoms with Gasteiger partial charge >= 0.3 is 40.8 Å². The van der Waals surface area contributed by atoms with Gasteiger partial charge in [-0.2, -0.15) is 22.9 Å². The van der Waals surface area contributed by atoms with Crippen LogP contribution in [0.1, 0.15) is 0 Å². The molecule has 0 aliphatic rings. The number of anilines is 3. The van der Waals surface area contributed by atoms with Gasteiger partial charge in [0, 0.05) is 70.4 Å². The Hall–Kier alpha value is -7.56. The van der Waals surface area contributed by atoms with Gasteiger partial charge in [0.15, 0.2) is 0 Å². The molecule has 0 saturated carbocycles. The minimum absolute atomic E-state index is 0. The zero-order chi connectivity index (χ0) is 42.7. The molecule has 0 aliphatic carbocycles. The second-order valence-corrected chi connectivity index (χ2v) is 14.8. The average Bonchev–Trinajstić information content (AvgIpc) is 3.68. The fourth-order valence-electron chi connectivity index (χ4n) is 7.73. The molecule has 66 heavy (non-hydrogen) atoms. The van der Waals surface area contributed by atoms with Crippen molar-refractivity contribution in [3.05, 3.63) is 231 Å². The van der Waals surface area contributed by atoms with Crippen LogP contribution in [-0.2, 0) is 40.8 Å². The van der Waals surface area contributed by atoms with Crippen LogP contribution in [0.2, 0.25) is 0 Å². The maximum absolute atomic E-state index is 6.41. The molecule has 0 aliphatic heterocycles. The Morgan fingerprint density at radius 2 is 0.833 bits per heavy atom. The molecular weight excluding hydrogens is 1000 g/mol. The van der Waals surface area contributed by atoms with E-state index in [1.54, 1.807) is 12.4 Å². The predicted molar refractivity (Wildman–Crippen MR) is 251 cm³/mol. The van der Waals surface area contributed by atoms with E-state index in [2.05, 4.69) is 112 Å². The van der Waals surface area contributed by atoms with Crippen molar-refractivity contribution in [1.82, 2.24) is 24.5 Å². The average molecular weight is 1040 g/mol. The number of benzene rings is 7. The van der Waals surface area contributed by atoms with Gasteiger partial charge in [-0.05, 0) is 65.5 Å². The molecule has 11 rings (SSSR count). The Morgan fingerprint density at radius 1 is 0.379 bits per heavy atom. The molecule has 11 aromatic rings. The third-order valence-corrected chi connectivity index (χ3v) is 10.7. The van der Waals surface area contributed by atoms with E-state index in [-0.39, 0.29) is 40.8 Å². The molecule has 0 bridgehead atoms. The van der Waals surface area contributed by atoms with Crippen molar-refractivity contribution in [2.24, 2.45) is 0 Å². The first kappa shape index (κ1) is 43.7. The van der Waals surface area contributed by atoms with Gasteiger partial charge in [0.2, 0.25) is 5.95 Å². The number of para-hydroxylation sites is 2. The molecule has 0 saturated heterocycles. The van der Waals surface area contributed by atoms with Crippen molar-refractivity contribution in [3.63, 3.8) is 0 Å². The second kappa shape index (κ2) is 19.7. The zero-order valence-electron chi connectivity index (χ0n) is 34.8. The summed E-state index contributed by atoms with van der Waals surface area (Å²) in [6.07, 6.45) is 7.22. The molecule has 0 fully saturated rings. The Labute approximate surface area is 409 Å². The Kier molecular flexibility index (Phi) is 13.0. The topological polar surface area (TPSA) is 78.2 Å². The summed E-state index contributed by atoms with van der Waals surface area (Å²) in [4.78, 5) is 21.1. The van der Waals surface area contributed by atoms with Crippen LogP contribution in [0.5, 0.6) is 23.0 Å². The van der Waals surface area contributed by atoms with Crippen LogP contribution in [0.15, 0.2) is 207 Å². The second-order valence-electron chi connectivity index (χ2n) is 14.8. The normalized spacial score (nSPS) is 10.8. The van der Waals surface area contributed by atoms with Gasteiger partial charge in [-0.1, -0.05) is 96.0 Å². The number of pyridine rings is 2. The molecule has 0 atom stereocenters. The van der Waals surface area contributed by atoms with Gasteiger partial charge in [-0.3, -0.25) is 0 Å². The summed E-state index contributed by atoms with van der Waals surface area (Å²) in [5.41, 5.74) is 9.72. The zero-order valence-corrected chi connectivity index (χ0v) is 37.9. The molecule has 7 aromatic carbocycles. The van der Waals surface area contributed by atoms with Crippen LogP contribution in [0, 0.1) is 24.3 Å². The van der Waals surface area contributed by atoms with Gasteiger partial charge in [0.1, 0.15) is 0 Å². The summed E-state index contributed by atoms with van der Waals surface area (Å²) in [5, 5.41) is 1.84. The number of fused-ring (bicyclic) bond motifs is 3. The summed E-state index contributed by atoms with van der Waals surface area (Å²) >= 11 is 0. The van der Waals surface area contributed by atoms with Crippen molar-refractivity contribution in [2.75, 3.05) is 4.90 Å². The van der Waals surface area contributed by atoms with Gasteiger partial charge in [-0.25, -0.2) is 9.97 Å². The molecule has 0 unspecified atom stereocenters. The van der Waals surface area contributed by atoms with E-state index < -0.39 is 0 Å². The summed E-state index contributed by atoms with van der Waals surface area (Å²) in [7, 11) is 0. The Bertz CT molecular complexity index is 3190. The third kappa shape index (κ3) is 9.05. The summed E-state index contributed by atoms with van der Waals surface area (Å²) in [6, 6.07) is 73.8. The van der Waals surface area contributed by atoms with E-state index in [1.807, 2.05) is 126 Å². The fraction of sp³-hybridized carbons (Fsp3) is 0. The summed E-state index contributed by atoms with van der Waals surface area (Å²) in [5.74, 6) is 2.51. The first-order valence-electron chi connectivity index (χ1n) is 20.7. The largest absolute Gasteiger partial charge is 2.00 e. The van der Waals surface area contributed by atoms with Crippen molar-refractivity contribution in [3.8, 4) is 62.6 Å². The fourth-order valence-corrected chi connectivity index (χ4v) is 7.73. The number of rotatable bonds is 11. The van der Waals surface area contributed by atoms with Gasteiger partial charge in [0.25, 0.3) is 0 Å². The number of nitrogens with zero attached hydrogens (tertiary/aromatic N) is 6. The van der Waals surface area contributed by atoms with Gasteiger partial charge < -0.3 is 28.9 Å². The van der Waals surface area contributed by atoms with Gasteiger partial charge in [-0.15, -0.1) is 71.8 Å². The first-order chi connectivity index (χ1) is 31.7. The van der Waals surface area contributed by atoms with Crippen LogP contribution in [0.3, 0.4) is 0 Å². The molecule has 320 valence electrons. The van der Waals surface area contributed by atoms with Crippen molar-refractivity contribution < 1.29 is 50.3 Å². The molecule has 0 amide bonds. The van der Waals surface area contributed by atoms with E-state index >= 15 is 0 Å². The minimum atomic E-state index is 0. The summed E-state index contributed by atoms with van der Waals surface area (Å²) in [6.45, 7) is 0. The third-order valence-electron chi connectivity index (χ3n) is 10.7. The number of hydrogen-bond acceptors (Lipinski definition) is 7. The van der Waals surface area contributed by atoms with E-state index in [4.69, 9.17) is 19.4 Å². The van der Waals surface area contributed by atoms with E-state index in [1.165, 1.54) is 0 Å². The maximum atomic E-state index is 6.41. The van der Waals surface area contributed by atoms with Gasteiger partial charge in [0.05, 0.1) is 0 Å². The molecule has 10 heteroatoms. The smallest absolute Gasteiger partial charge is 0.503 e. The SMILES string of the molecule is [Pd+2].[Pd+2].[c-]1c(Oc2[c-]c3c(cc2)c2ccc(Oc4[c-]c(-c5ccccn5)ccc4)[c-]c2n3-c2ncc(-c3ccc(N(c4ccccc4)c4ccccc4)cc3)cn2)cccc1-c1ccccn1. The number of ether oxygens (including phenoxy) is 2. The van der Waals surface area contributed by atoms with E-state index in [0.29, 0.717) is 40.0 Å². The quantitative estimate of drug-likeness (QED) is 0.0943. The molecule has 0 radical (unpaired) electrons. The molecule has 4 aromatic heterocycles. The number of hydrogen-bond donors (Lipinski definition) is 0. The van der Waals surface area contributed by atoms with Crippen molar-refractivity contribution in [1.29, 1.82) is 0 Å². The monoisotopic (exact) mass is 1030 g/mol. The molecular formula is C56H34N6O2Pd2. The standard InChI is InChI=1S/C56H34N6O2.2Pd/c1-3-15-43(16-4-1)61(44-17-5-2-6-18-44)45-25-23-39(24-26-45)42-37-59-56(60-38-42)62-54-35-48(63-46-19-11-13-40(33-46)52-21-7-9-31-57-52)27-29-50(54)51-30-28-49(36-55(51)62)64-47-20-12-14-41(34-47)53-22-8-10-32-58-53;;/h1-32,37-38H;;/q-4;2*+2. The number of aromatic nitrogens is 5. The maximum Gasteiger partial charge on any atom is 2.00 e. The Balaban J connectivity index is 0.00000274. The van der Waals surface area contributed by atoms with Crippen LogP contribution >= 0.6 is 0 Å². The van der Waals surface area contributed by atoms with Crippen LogP contribution in [0.25, 0.3) is 61.4 Å².